The summed E-state index contributed by atoms with van der Waals surface area (Å²) in [5, 5.41) is 9.74. The lowest BCUT2D eigenvalue weighted by Crippen LogP contribution is -2.17. The molecule has 0 radical (unpaired) electrons. The van der Waals surface area contributed by atoms with E-state index in [1.165, 1.54) is 17.4 Å². The molecule has 3 nitrogen and oxygen atoms in total. The molecule has 1 heterocycles. The van der Waals surface area contributed by atoms with Crippen molar-refractivity contribution in [1.29, 1.82) is 0 Å². The number of carboxylic acid groups (broad SMARTS) is 1. The van der Waals surface area contributed by atoms with Crippen molar-refractivity contribution in [2.45, 2.75) is 25.2 Å². The Hall–Kier alpha value is -1.82. The first kappa shape index (κ1) is 13.2. The number of carbonyl (C=O) groups is 1. The van der Waals surface area contributed by atoms with Gasteiger partial charge < -0.3 is 5.11 Å². The Kier molecular flexibility index (Phi) is 3.25. The fraction of sp³-hybridized carbons (Fsp3) is 0.286. The molecule has 6 heteroatoms. The van der Waals surface area contributed by atoms with Crippen LogP contribution < -0.4 is 0 Å². The second-order valence-electron chi connectivity index (χ2n) is 4.74. The maximum atomic E-state index is 13.3. The van der Waals surface area contributed by atoms with Crippen LogP contribution in [0.1, 0.15) is 29.3 Å². The topological polar surface area (TPSA) is 50.2 Å². The highest BCUT2D eigenvalue weighted by molar-refractivity contribution is 7.15. The molecule has 0 amide bonds. The van der Waals surface area contributed by atoms with Crippen molar-refractivity contribution in [2.24, 2.45) is 0 Å². The minimum Gasteiger partial charge on any atom is -0.481 e. The minimum atomic E-state index is -0.926. The van der Waals surface area contributed by atoms with E-state index in [1.54, 1.807) is 0 Å². The van der Waals surface area contributed by atoms with Gasteiger partial charge in [-0.3, -0.25) is 4.79 Å². The van der Waals surface area contributed by atoms with Gasteiger partial charge in [0.2, 0.25) is 0 Å². The quantitative estimate of drug-likeness (QED) is 0.921. The Labute approximate surface area is 117 Å². The Morgan fingerprint density at radius 2 is 2.15 bits per heavy atom. The summed E-state index contributed by atoms with van der Waals surface area (Å²) in [6.45, 7) is 0. The van der Waals surface area contributed by atoms with Gasteiger partial charge in [0, 0.05) is 10.4 Å². The molecule has 1 aliphatic rings. The highest BCUT2D eigenvalue weighted by Crippen LogP contribution is 2.38. The second-order valence-corrected chi connectivity index (χ2v) is 5.82. The zero-order valence-electron chi connectivity index (χ0n) is 10.4. The lowest BCUT2D eigenvalue weighted by molar-refractivity contribution is -0.139. The summed E-state index contributed by atoms with van der Waals surface area (Å²) in [5.74, 6) is -3.30. The SMILES string of the molecule is O=C(O)C1CCCc2sc(-c3ccc(F)c(F)c3)nc21. The highest BCUT2D eigenvalue weighted by Gasteiger charge is 2.30. The highest BCUT2D eigenvalue weighted by atomic mass is 32.1. The Morgan fingerprint density at radius 3 is 2.85 bits per heavy atom. The van der Waals surface area contributed by atoms with Gasteiger partial charge in [-0.25, -0.2) is 13.8 Å². The predicted molar refractivity (Wildman–Crippen MR) is 70.8 cm³/mol. The van der Waals surface area contributed by atoms with Crippen LogP contribution in [0, 0.1) is 11.6 Å². The molecule has 1 aliphatic carbocycles. The molecule has 0 aliphatic heterocycles. The third-order valence-electron chi connectivity index (χ3n) is 3.42. The summed E-state index contributed by atoms with van der Waals surface area (Å²) in [4.78, 5) is 16.5. The summed E-state index contributed by atoms with van der Waals surface area (Å²) < 4.78 is 26.2. The van der Waals surface area contributed by atoms with Crippen LogP contribution in [0.3, 0.4) is 0 Å². The standard InChI is InChI=1S/C14H11F2NO2S/c15-9-5-4-7(6-10(9)16)13-17-12-8(14(18)19)2-1-3-11(12)20-13/h4-6,8H,1-3H2,(H,18,19). The van der Waals surface area contributed by atoms with Gasteiger partial charge >= 0.3 is 5.97 Å². The number of carboxylic acids is 1. The van der Waals surface area contributed by atoms with Crippen molar-refractivity contribution in [3.63, 3.8) is 0 Å². The van der Waals surface area contributed by atoms with Crippen LogP contribution in [0.15, 0.2) is 18.2 Å². The number of benzene rings is 1. The molecule has 1 atom stereocenters. The van der Waals surface area contributed by atoms with Gasteiger partial charge in [0.25, 0.3) is 0 Å². The molecule has 1 aromatic carbocycles. The fourth-order valence-corrected chi connectivity index (χ4v) is 3.57. The molecule has 2 aromatic rings. The number of fused-ring (bicyclic) bond motifs is 1. The van der Waals surface area contributed by atoms with Crippen molar-refractivity contribution in [3.05, 3.63) is 40.4 Å². The normalized spacial score (nSPS) is 17.8. The van der Waals surface area contributed by atoms with Crippen LogP contribution in [0.2, 0.25) is 0 Å². The first-order chi connectivity index (χ1) is 9.56. The lowest BCUT2D eigenvalue weighted by Gasteiger charge is -2.16. The number of rotatable bonds is 2. The van der Waals surface area contributed by atoms with Crippen LogP contribution in [-0.4, -0.2) is 16.1 Å². The van der Waals surface area contributed by atoms with E-state index in [4.69, 9.17) is 0 Å². The number of aliphatic carboxylic acids is 1. The van der Waals surface area contributed by atoms with Gasteiger partial charge in [-0.2, -0.15) is 0 Å². The monoisotopic (exact) mass is 295 g/mol. The smallest absolute Gasteiger partial charge is 0.312 e. The van der Waals surface area contributed by atoms with E-state index in [0.717, 1.165) is 29.9 Å². The van der Waals surface area contributed by atoms with E-state index < -0.39 is 23.5 Å². The molecule has 0 fully saturated rings. The molecule has 3 rings (SSSR count). The lowest BCUT2D eigenvalue weighted by atomic mass is 9.91. The molecule has 1 unspecified atom stereocenters. The summed E-state index contributed by atoms with van der Waals surface area (Å²) in [6.07, 6.45) is 2.17. The molecule has 104 valence electrons. The van der Waals surface area contributed by atoms with E-state index in [9.17, 15) is 18.7 Å². The van der Waals surface area contributed by atoms with E-state index in [2.05, 4.69) is 4.98 Å². The molecule has 1 aromatic heterocycles. The zero-order chi connectivity index (χ0) is 14.3. The number of hydrogen-bond acceptors (Lipinski definition) is 3. The fourth-order valence-electron chi connectivity index (χ4n) is 2.41. The Bertz CT molecular complexity index is 684. The minimum absolute atomic E-state index is 0.479. The van der Waals surface area contributed by atoms with E-state index >= 15 is 0 Å². The van der Waals surface area contributed by atoms with Crippen LogP contribution in [0.5, 0.6) is 0 Å². The molecule has 20 heavy (non-hydrogen) atoms. The van der Waals surface area contributed by atoms with Gasteiger partial charge in [0.1, 0.15) is 5.01 Å². The summed E-state index contributed by atoms with van der Waals surface area (Å²) in [5.41, 5.74) is 1.06. The van der Waals surface area contributed by atoms with Crippen molar-refractivity contribution >= 4 is 17.3 Å². The number of halogens is 2. The summed E-state index contributed by atoms with van der Waals surface area (Å²) >= 11 is 1.36. The van der Waals surface area contributed by atoms with Crippen molar-refractivity contribution in [2.75, 3.05) is 0 Å². The molecule has 0 saturated carbocycles. The predicted octanol–water partition coefficient (Wildman–Crippen LogP) is 3.59. The summed E-state index contributed by atoms with van der Waals surface area (Å²) in [7, 11) is 0. The Balaban J connectivity index is 2.04. The van der Waals surface area contributed by atoms with E-state index in [0.29, 0.717) is 22.7 Å². The number of aryl methyl sites for hydroxylation is 1. The first-order valence-electron chi connectivity index (χ1n) is 6.24. The maximum absolute atomic E-state index is 13.3. The molecular weight excluding hydrogens is 284 g/mol. The number of hydrogen-bond donors (Lipinski definition) is 1. The average molecular weight is 295 g/mol. The molecule has 0 bridgehead atoms. The third-order valence-corrected chi connectivity index (χ3v) is 4.60. The van der Waals surface area contributed by atoms with Crippen LogP contribution in [0.25, 0.3) is 10.6 Å². The molecule has 1 N–H and O–H groups in total. The van der Waals surface area contributed by atoms with Gasteiger partial charge in [-0.05, 0) is 37.5 Å². The van der Waals surface area contributed by atoms with E-state index in [1.807, 2.05) is 0 Å². The van der Waals surface area contributed by atoms with Crippen LogP contribution >= 0.6 is 11.3 Å². The summed E-state index contributed by atoms with van der Waals surface area (Å²) in [6, 6.07) is 3.60. The average Bonchev–Trinajstić information content (AvgIpc) is 2.85. The van der Waals surface area contributed by atoms with Crippen molar-refractivity contribution < 1.29 is 18.7 Å². The molecule has 0 spiro atoms. The third kappa shape index (κ3) is 2.20. The second kappa shape index (κ2) is 4.94. The number of nitrogens with zero attached hydrogens (tertiary/aromatic N) is 1. The molecular formula is C14H11F2NO2S. The van der Waals surface area contributed by atoms with Crippen LogP contribution in [-0.2, 0) is 11.2 Å². The Morgan fingerprint density at radius 1 is 1.35 bits per heavy atom. The number of thiazole rings is 1. The zero-order valence-corrected chi connectivity index (χ0v) is 11.2. The van der Waals surface area contributed by atoms with Gasteiger partial charge in [0.05, 0.1) is 11.6 Å². The van der Waals surface area contributed by atoms with E-state index in [-0.39, 0.29) is 0 Å². The van der Waals surface area contributed by atoms with Gasteiger partial charge in [-0.15, -0.1) is 11.3 Å². The van der Waals surface area contributed by atoms with Gasteiger partial charge in [0.15, 0.2) is 11.6 Å². The maximum Gasteiger partial charge on any atom is 0.312 e. The number of aromatic nitrogens is 1. The van der Waals surface area contributed by atoms with Gasteiger partial charge in [-0.1, -0.05) is 0 Å². The van der Waals surface area contributed by atoms with Crippen molar-refractivity contribution in [3.8, 4) is 10.6 Å². The van der Waals surface area contributed by atoms with Crippen molar-refractivity contribution in [1.82, 2.24) is 4.98 Å². The van der Waals surface area contributed by atoms with Crippen LogP contribution in [0.4, 0.5) is 8.78 Å². The molecule has 0 saturated heterocycles. The largest absolute Gasteiger partial charge is 0.481 e. The first-order valence-corrected chi connectivity index (χ1v) is 7.05.